The molecule has 0 amide bonds. The molecule has 0 fully saturated rings. The zero-order valence-corrected chi connectivity index (χ0v) is 6.63. The van der Waals surface area contributed by atoms with Crippen LogP contribution in [-0.4, -0.2) is 10.2 Å². The summed E-state index contributed by atoms with van der Waals surface area (Å²) >= 11 is 0. The molecule has 0 bridgehead atoms. The van der Waals surface area contributed by atoms with E-state index in [0.717, 1.165) is 0 Å². The van der Waals surface area contributed by atoms with Crippen LogP contribution in [0, 0.1) is 6.92 Å². The van der Waals surface area contributed by atoms with Gasteiger partial charge in [-0.1, -0.05) is 0 Å². The fourth-order valence-corrected chi connectivity index (χ4v) is 0.916. The SMILES string of the molecule is Cc1c(N)c(N)c(O)c(N)c1O. The van der Waals surface area contributed by atoms with Crippen molar-refractivity contribution in [3.63, 3.8) is 0 Å². The zero-order valence-electron chi connectivity index (χ0n) is 6.63. The summed E-state index contributed by atoms with van der Waals surface area (Å²) in [5.41, 5.74) is 16.5. The quantitative estimate of drug-likeness (QED) is 0.215. The standard InChI is InChI=1S/C7H11N3O2/c1-2-3(8)4(9)7(12)5(10)6(2)11/h11-12H,8-10H2,1H3. The third-order valence-electron chi connectivity index (χ3n) is 1.81. The van der Waals surface area contributed by atoms with Crippen LogP contribution in [0.1, 0.15) is 5.56 Å². The largest absolute Gasteiger partial charge is 0.505 e. The van der Waals surface area contributed by atoms with Gasteiger partial charge in [-0.3, -0.25) is 0 Å². The van der Waals surface area contributed by atoms with Crippen LogP contribution >= 0.6 is 0 Å². The number of aromatic hydroxyl groups is 2. The Balaban J connectivity index is 3.60. The molecule has 0 atom stereocenters. The molecule has 0 saturated carbocycles. The lowest BCUT2D eigenvalue weighted by Gasteiger charge is -2.11. The van der Waals surface area contributed by atoms with E-state index in [1.54, 1.807) is 6.92 Å². The van der Waals surface area contributed by atoms with Crippen LogP contribution in [0.5, 0.6) is 11.5 Å². The van der Waals surface area contributed by atoms with Crippen molar-refractivity contribution < 1.29 is 10.2 Å². The van der Waals surface area contributed by atoms with Crippen molar-refractivity contribution >= 4 is 17.1 Å². The Kier molecular flexibility index (Phi) is 1.64. The van der Waals surface area contributed by atoms with Gasteiger partial charge in [0.1, 0.15) is 11.4 Å². The molecule has 8 N–H and O–H groups in total. The number of phenols is 2. The first-order valence-corrected chi connectivity index (χ1v) is 3.31. The van der Waals surface area contributed by atoms with Gasteiger partial charge in [0.15, 0.2) is 5.75 Å². The monoisotopic (exact) mass is 169 g/mol. The maximum Gasteiger partial charge on any atom is 0.167 e. The number of hydrogen-bond acceptors (Lipinski definition) is 5. The lowest BCUT2D eigenvalue weighted by atomic mass is 10.1. The summed E-state index contributed by atoms with van der Waals surface area (Å²) in [5, 5.41) is 18.5. The summed E-state index contributed by atoms with van der Waals surface area (Å²) in [6.45, 7) is 1.57. The highest BCUT2D eigenvalue weighted by molar-refractivity contribution is 5.85. The minimum absolute atomic E-state index is 0.00259. The molecular weight excluding hydrogens is 158 g/mol. The van der Waals surface area contributed by atoms with Gasteiger partial charge in [-0.25, -0.2) is 0 Å². The molecule has 0 unspecified atom stereocenters. The minimum atomic E-state index is -0.365. The first-order valence-electron chi connectivity index (χ1n) is 3.31. The second-order valence-corrected chi connectivity index (χ2v) is 2.56. The van der Waals surface area contributed by atoms with Gasteiger partial charge in [0.2, 0.25) is 0 Å². The summed E-state index contributed by atoms with van der Waals surface area (Å²) in [4.78, 5) is 0. The first kappa shape index (κ1) is 8.32. The summed E-state index contributed by atoms with van der Waals surface area (Å²) in [7, 11) is 0. The molecule has 5 nitrogen and oxygen atoms in total. The average molecular weight is 169 g/mol. The molecule has 0 saturated heterocycles. The Morgan fingerprint density at radius 3 is 1.83 bits per heavy atom. The zero-order chi connectivity index (χ0) is 9.46. The third kappa shape index (κ3) is 0.868. The smallest absolute Gasteiger partial charge is 0.167 e. The van der Waals surface area contributed by atoms with Crippen LogP contribution < -0.4 is 17.2 Å². The van der Waals surface area contributed by atoms with Gasteiger partial charge in [-0.05, 0) is 6.92 Å². The first-order chi connectivity index (χ1) is 5.46. The second kappa shape index (κ2) is 2.37. The van der Waals surface area contributed by atoms with E-state index in [0.29, 0.717) is 5.56 Å². The number of hydrogen-bond donors (Lipinski definition) is 5. The number of benzene rings is 1. The molecule has 1 aromatic carbocycles. The summed E-state index contributed by atoms with van der Waals surface area (Å²) in [6, 6.07) is 0. The highest BCUT2D eigenvalue weighted by atomic mass is 16.3. The molecule has 1 aromatic rings. The van der Waals surface area contributed by atoms with Crippen molar-refractivity contribution in [3.8, 4) is 11.5 Å². The molecule has 0 aliphatic carbocycles. The Morgan fingerprint density at radius 1 is 0.833 bits per heavy atom. The van der Waals surface area contributed by atoms with E-state index in [4.69, 9.17) is 17.2 Å². The molecule has 12 heavy (non-hydrogen) atoms. The Bertz CT molecular complexity index is 231. The molecule has 0 aliphatic rings. The normalized spacial score (nSPS) is 10.1. The predicted molar refractivity (Wildman–Crippen MR) is 47.7 cm³/mol. The maximum atomic E-state index is 9.27. The van der Waals surface area contributed by atoms with Gasteiger partial charge in [0.25, 0.3) is 0 Å². The van der Waals surface area contributed by atoms with Crippen LogP contribution in [0.25, 0.3) is 0 Å². The van der Waals surface area contributed by atoms with Crippen molar-refractivity contribution in [1.82, 2.24) is 0 Å². The van der Waals surface area contributed by atoms with Crippen LogP contribution in [0.4, 0.5) is 17.1 Å². The van der Waals surface area contributed by atoms with Crippen LogP contribution in [0.2, 0.25) is 0 Å². The van der Waals surface area contributed by atoms with Crippen molar-refractivity contribution in [2.45, 2.75) is 6.92 Å². The maximum absolute atomic E-state index is 9.27. The van der Waals surface area contributed by atoms with Crippen LogP contribution in [0.15, 0.2) is 0 Å². The highest BCUT2D eigenvalue weighted by Gasteiger charge is 2.14. The fraction of sp³-hybridized carbons (Fsp3) is 0.143. The summed E-state index contributed by atoms with van der Waals surface area (Å²) < 4.78 is 0. The van der Waals surface area contributed by atoms with Gasteiger partial charge in [-0.2, -0.15) is 0 Å². The van der Waals surface area contributed by atoms with Crippen molar-refractivity contribution in [3.05, 3.63) is 5.56 Å². The Labute approximate surface area is 69.4 Å². The number of rotatable bonds is 0. The van der Waals surface area contributed by atoms with Gasteiger partial charge in [0.05, 0.1) is 11.4 Å². The van der Waals surface area contributed by atoms with Gasteiger partial charge < -0.3 is 27.4 Å². The van der Waals surface area contributed by atoms with Crippen molar-refractivity contribution in [2.75, 3.05) is 17.2 Å². The third-order valence-corrected chi connectivity index (χ3v) is 1.81. The lowest BCUT2D eigenvalue weighted by Crippen LogP contribution is -2.01. The number of phenolic OH excluding ortho intramolecular Hbond substituents is 2. The fourth-order valence-electron chi connectivity index (χ4n) is 0.916. The van der Waals surface area contributed by atoms with Gasteiger partial charge >= 0.3 is 0 Å². The predicted octanol–water partition coefficient (Wildman–Crippen LogP) is 0.153. The van der Waals surface area contributed by atoms with E-state index in [2.05, 4.69) is 0 Å². The molecule has 0 radical (unpaired) electrons. The molecule has 0 spiro atoms. The average Bonchev–Trinajstić information content (AvgIpc) is 2.08. The van der Waals surface area contributed by atoms with E-state index in [9.17, 15) is 10.2 Å². The van der Waals surface area contributed by atoms with Crippen molar-refractivity contribution in [1.29, 1.82) is 0 Å². The van der Waals surface area contributed by atoms with E-state index in [1.807, 2.05) is 0 Å². The van der Waals surface area contributed by atoms with E-state index in [-0.39, 0.29) is 28.6 Å². The topological polar surface area (TPSA) is 119 Å². The lowest BCUT2D eigenvalue weighted by molar-refractivity contribution is 0.455. The summed E-state index contributed by atoms with van der Waals surface area (Å²) in [6.07, 6.45) is 0. The van der Waals surface area contributed by atoms with E-state index < -0.39 is 0 Å². The molecule has 0 aliphatic heterocycles. The summed E-state index contributed by atoms with van der Waals surface area (Å²) in [5.74, 6) is -0.588. The molecular formula is C7H11N3O2. The van der Waals surface area contributed by atoms with E-state index in [1.165, 1.54) is 0 Å². The molecule has 1 rings (SSSR count). The molecule has 0 heterocycles. The number of anilines is 3. The van der Waals surface area contributed by atoms with E-state index >= 15 is 0 Å². The number of nitrogen functional groups attached to an aromatic ring is 3. The van der Waals surface area contributed by atoms with Gasteiger partial charge in [0, 0.05) is 5.56 Å². The van der Waals surface area contributed by atoms with Gasteiger partial charge in [-0.15, -0.1) is 0 Å². The Hall–Kier alpha value is -1.78. The number of nitrogens with two attached hydrogens (primary N) is 3. The van der Waals surface area contributed by atoms with Crippen molar-refractivity contribution in [2.24, 2.45) is 0 Å². The minimum Gasteiger partial charge on any atom is -0.505 e. The molecule has 0 aromatic heterocycles. The molecule has 66 valence electrons. The second-order valence-electron chi connectivity index (χ2n) is 2.56. The Morgan fingerprint density at radius 2 is 1.33 bits per heavy atom. The molecule has 5 heteroatoms. The van der Waals surface area contributed by atoms with Crippen LogP contribution in [-0.2, 0) is 0 Å². The van der Waals surface area contributed by atoms with Crippen LogP contribution in [0.3, 0.4) is 0 Å². The highest BCUT2D eigenvalue weighted by Crippen LogP contribution is 2.42.